The Morgan fingerprint density at radius 2 is 2.00 bits per heavy atom. The number of carbonyl (C=O) groups is 2. The number of benzene rings is 1. The van der Waals surface area contributed by atoms with Crippen molar-refractivity contribution in [1.29, 1.82) is 0 Å². The second kappa shape index (κ2) is 6.57. The van der Waals surface area contributed by atoms with E-state index in [1.54, 1.807) is 23.1 Å². The number of carboxylic acids is 1. The number of hydrogen-bond acceptors (Lipinski definition) is 2. The highest BCUT2D eigenvalue weighted by molar-refractivity contribution is 6.30. The molecule has 104 valence electrons. The number of nitrogens with zero attached hydrogens (tertiary/aromatic N) is 1. The maximum Gasteiger partial charge on any atom is 0.305 e. The van der Waals surface area contributed by atoms with E-state index in [4.69, 9.17) is 16.7 Å². The van der Waals surface area contributed by atoms with Crippen LogP contribution in [0.15, 0.2) is 18.2 Å². The minimum atomic E-state index is -0.911. The Labute approximate surface area is 118 Å². The molecule has 0 fully saturated rings. The Bertz CT molecular complexity index is 486. The summed E-state index contributed by atoms with van der Waals surface area (Å²) in [6.07, 6.45) is -0.0590. The van der Waals surface area contributed by atoms with Crippen LogP contribution in [0.1, 0.15) is 36.2 Å². The SMILES string of the molecule is Cc1cc(Cl)ccc1C(=O)N(CCC(=O)O)C(C)C. The maximum absolute atomic E-state index is 12.4. The van der Waals surface area contributed by atoms with Crippen molar-refractivity contribution in [3.63, 3.8) is 0 Å². The Balaban J connectivity index is 2.95. The number of amides is 1. The molecule has 1 N–H and O–H groups in total. The second-order valence-corrected chi connectivity index (χ2v) is 5.13. The first kappa shape index (κ1) is 15.5. The van der Waals surface area contributed by atoms with Crippen molar-refractivity contribution in [2.45, 2.75) is 33.2 Å². The number of aliphatic carboxylic acids is 1. The van der Waals surface area contributed by atoms with E-state index in [1.165, 1.54) is 0 Å². The summed E-state index contributed by atoms with van der Waals surface area (Å²) in [5.74, 6) is -1.07. The van der Waals surface area contributed by atoms with Crippen LogP contribution in [0.3, 0.4) is 0 Å². The fourth-order valence-electron chi connectivity index (χ4n) is 1.83. The zero-order chi connectivity index (χ0) is 14.6. The van der Waals surface area contributed by atoms with Gasteiger partial charge in [0.05, 0.1) is 6.42 Å². The molecule has 1 aromatic carbocycles. The topological polar surface area (TPSA) is 57.6 Å². The van der Waals surface area contributed by atoms with Gasteiger partial charge >= 0.3 is 5.97 Å². The molecule has 4 nitrogen and oxygen atoms in total. The van der Waals surface area contributed by atoms with Gasteiger partial charge < -0.3 is 10.0 Å². The average molecular weight is 284 g/mol. The molecule has 0 unspecified atom stereocenters. The van der Waals surface area contributed by atoms with Crippen LogP contribution in [0.25, 0.3) is 0 Å². The molecule has 5 heteroatoms. The van der Waals surface area contributed by atoms with E-state index < -0.39 is 5.97 Å². The fraction of sp³-hybridized carbons (Fsp3) is 0.429. The minimum absolute atomic E-state index is 0.0538. The number of hydrogen-bond donors (Lipinski definition) is 1. The smallest absolute Gasteiger partial charge is 0.305 e. The van der Waals surface area contributed by atoms with Gasteiger partial charge in [0.25, 0.3) is 5.91 Å². The molecule has 0 saturated heterocycles. The van der Waals surface area contributed by atoms with Gasteiger partial charge in [-0.15, -0.1) is 0 Å². The highest BCUT2D eigenvalue weighted by Crippen LogP contribution is 2.18. The van der Waals surface area contributed by atoms with Crippen LogP contribution in [0.5, 0.6) is 0 Å². The summed E-state index contributed by atoms with van der Waals surface area (Å²) in [4.78, 5) is 24.6. The molecule has 0 heterocycles. The standard InChI is InChI=1S/C14H18ClNO3/c1-9(2)16(7-6-13(17)18)14(19)12-5-4-11(15)8-10(12)3/h4-5,8-9H,6-7H2,1-3H3,(H,17,18). The van der Waals surface area contributed by atoms with Gasteiger partial charge in [0.15, 0.2) is 0 Å². The van der Waals surface area contributed by atoms with E-state index in [0.717, 1.165) is 5.56 Å². The third kappa shape index (κ3) is 4.24. The number of halogens is 1. The summed E-state index contributed by atoms with van der Waals surface area (Å²) in [7, 11) is 0. The summed E-state index contributed by atoms with van der Waals surface area (Å²) in [5.41, 5.74) is 1.35. The third-order valence-corrected chi connectivity index (χ3v) is 3.10. The quantitative estimate of drug-likeness (QED) is 0.904. The summed E-state index contributed by atoms with van der Waals surface area (Å²) >= 11 is 5.86. The molecule has 0 aliphatic heterocycles. The second-order valence-electron chi connectivity index (χ2n) is 4.70. The molecule has 1 amide bonds. The van der Waals surface area contributed by atoms with Crippen LogP contribution in [0.2, 0.25) is 5.02 Å². The molecule has 0 spiro atoms. The average Bonchev–Trinajstić information content (AvgIpc) is 2.27. The van der Waals surface area contributed by atoms with Crippen molar-refractivity contribution in [3.8, 4) is 0 Å². The van der Waals surface area contributed by atoms with Gasteiger partial charge in [-0.25, -0.2) is 0 Å². The predicted molar refractivity (Wildman–Crippen MR) is 74.6 cm³/mol. The van der Waals surface area contributed by atoms with E-state index in [-0.39, 0.29) is 24.9 Å². The van der Waals surface area contributed by atoms with Gasteiger partial charge in [-0.3, -0.25) is 9.59 Å². The van der Waals surface area contributed by atoms with Crippen LogP contribution < -0.4 is 0 Å². The van der Waals surface area contributed by atoms with Gasteiger partial charge in [0.2, 0.25) is 0 Å². The lowest BCUT2D eigenvalue weighted by atomic mass is 10.1. The van der Waals surface area contributed by atoms with Crippen molar-refractivity contribution in [3.05, 3.63) is 34.3 Å². The molecule has 0 aliphatic carbocycles. The van der Waals surface area contributed by atoms with Gasteiger partial charge in [-0.2, -0.15) is 0 Å². The van der Waals surface area contributed by atoms with E-state index in [2.05, 4.69) is 0 Å². The van der Waals surface area contributed by atoms with Gasteiger partial charge in [-0.1, -0.05) is 11.6 Å². The number of aryl methyl sites for hydroxylation is 1. The molecule has 19 heavy (non-hydrogen) atoms. The molecule has 0 saturated carbocycles. The Hall–Kier alpha value is -1.55. The van der Waals surface area contributed by atoms with Crippen molar-refractivity contribution in [2.75, 3.05) is 6.54 Å². The zero-order valence-electron chi connectivity index (χ0n) is 11.3. The normalized spacial score (nSPS) is 10.6. The van der Waals surface area contributed by atoms with Crippen LogP contribution in [0.4, 0.5) is 0 Å². The van der Waals surface area contributed by atoms with Crippen molar-refractivity contribution >= 4 is 23.5 Å². The predicted octanol–water partition coefficient (Wildman–Crippen LogP) is 2.97. The first-order valence-corrected chi connectivity index (χ1v) is 6.49. The highest BCUT2D eigenvalue weighted by Gasteiger charge is 2.20. The molecule has 1 aromatic rings. The molecular formula is C14H18ClNO3. The molecule has 0 aromatic heterocycles. The number of rotatable bonds is 5. The van der Waals surface area contributed by atoms with E-state index in [0.29, 0.717) is 10.6 Å². The number of carbonyl (C=O) groups excluding carboxylic acids is 1. The number of carboxylic acid groups (broad SMARTS) is 1. The maximum atomic E-state index is 12.4. The third-order valence-electron chi connectivity index (χ3n) is 2.87. The summed E-state index contributed by atoms with van der Waals surface area (Å²) < 4.78 is 0. The van der Waals surface area contributed by atoms with Crippen LogP contribution >= 0.6 is 11.6 Å². The van der Waals surface area contributed by atoms with Crippen molar-refractivity contribution < 1.29 is 14.7 Å². The lowest BCUT2D eigenvalue weighted by Crippen LogP contribution is -2.38. The fourth-order valence-corrected chi connectivity index (χ4v) is 2.06. The van der Waals surface area contributed by atoms with Gasteiger partial charge in [0, 0.05) is 23.2 Å². The summed E-state index contributed by atoms with van der Waals surface area (Å²) in [6, 6.07) is 5.01. The van der Waals surface area contributed by atoms with Crippen LogP contribution in [-0.2, 0) is 4.79 Å². The minimum Gasteiger partial charge on any atom is -0.481 e. The summed E-state index contributed by atoms with van der Waals surface area (Å²) in [5, 5.41) is 9.31. The van der Waals surface area contributed by atoms with E-state index >= 15 is 0 Å². The van der Waals surface area contributed by atoms with Crippen molar-refractivity contribution in [2.24, 2.45) is 0 Å². The van der Waals surface area contributed by atoms with Gasteiger partial charge in [-0.05, 0) is 44.5 Å². The zero-order valence-corrected chi connectivity index (χ0v) is 12.1. The lowest BCUT2D eigenvalue weighted by molar-refractivity contribution is -0.137. The van der Waals surface area contributed by atoms with Gasteiger partial charge in [0.1, 0.15) is 0 Å². The molecule has 0 aliphatic rings. The Kier molecular flexibility index (Phi) is 5.36. The molecule has 0 atom stereocenters. The monoisotopic (exact) mass is 283 g/mol. The molecule has 0 radical (unpaired) electrons. The van der Waals surface area contributed by atoms with E-state index in [1.807, 2.05) is 20.8 Å². The van der Waals surface area contributed by atoms with Crippen molar-refractivity contribution in [1.82, 2.24) is 4.90 Å². The van der Waals surface area contributed by atoms with E-state index in [9.17, 15) is 9.59 Å². The molecule has 1 rings (SSSR count). The lowest BCUT2D eigenvalue weighted by Gasteiger charge is -2.27. The molecule has 0 bridgehead atoms. The van der Waals surface area contributed by atoms with Crippen LogP contribution in [0, 0.1) is 6.92 Å². The largest absolute Gasteiger partial charge is 0.481 e. The molecular weight excluding hydrogens is 266 g/mol. The Morgan fingerprint density at radius 1 is 1.37 bits per heavy atom. The summed E-state index contributed by atoms with van der Waals surface area (Å²) in [6.45, 7) is 5.75. The first-order chi connectivity index (χ1) is 8.82. The van der Waals surface area contributed by atoms with Crippen LogP contribution in [-0.4, -0.2) is 34.5 Å². The Morgan fingerprint density at radius 3 is 2.47 bits per heavy atom. The highest BCUT2D eigenvalue weighted by atomic mass is 35.5. The first-order valence-electron chi connectivity index (χ1n) is 6.12.